The lowest BCUT2D eigenvalue weighted by Gasteiger charge is -2.14. The van der Waals surface area contributed by atoms with E-state index in [4.69, 9.17) is 4.52 Å². The average Bonchev–Trinajstić information content (AvgIpc) is 2.97. The number of hydrogen-bond donors (Lipinski definition) is 1. The molecule has 0 spiro atoms. The van der Waals surface area contributed by atoms with Crippen LogP contribution in [0.4, 0.5) is 0 Å². The molecular weight excluding hydrogens is 294 g/mol. The molecule has 5 nitrogen and oxygen atoms in total. The van der Waals surface area contributed by atoms with Gasteiger partial charge in [0.15, 0.2) is 5.78 Å². The highest BCUT2D eigenvalue weighted by Gasteiger charge is 2.37. The largest absolute Gasteiger partial charge is 0.507 e. The second kappa shape index (κ2) is 4.91. The lowest BCUT2D eigenvalue weighted by Crippen LogP contribution is -2.20. The van der Waals surface area contributed by atoms with E-state index < -0.39 is 5.78 Å². The maximum Gasteiger partial charge on any atom is 0.236 e. The molecule has 4 rings (SSSR count). The van der Waals surface area contributed by atoms with Crippen LogP contribution >= 0.6 is 0 Å². The number of carbonyl (C=O) groups excluding carboxylic acids is 2. The first-order valence-corrected chi connectivity index (χ1v) is 7.10. The molecule has 1 aliphatic carbocycles. The number of hydrogen-bond acceptors (Lipinski definition) is 5. The number of benzene rings is 2. The van der Waals surface area contributed by atoms with Crippen LogP contribution in [0.3, 0.4) is 0 Å². The summed E-state index contributed by atoms with van der Waals surface area (Å²) < 4.78 is 5.12. The SMILES string of the molecule is O=C1c2onc(Cc3ccccc3)c2C(=O)c2cccc(O)c21. The zero-order chi connectivity index (χ0) is 16.0. The fourth-order valence-corrected chi connectivity index (χ4v) is 2.84. The van der Waals surface area contributed by atoms with Crippen LogP contribution in [-0.4, -0.2) is 21.8 Å². The monoisotopic (exact) mass is 305 g/mol. The Balaban J connectivity index is 1.84. The quantitative estimate of drug-likeness (QED) is 0.616. The van der Waals surface area contributed by atoms with E-state index >= 15 is 0 Å². The Morgan fingerprint density at radius 1 is 0.913 bits per heavy atom. The molecule has 23 heavy (non-hydrogen) atoms. The van der Waals surface area contributed by atoms with Gasteiger partial charge in [0.2, 0.25) is 11.5 Å². The number of phenolic OH excluding ortho intramolecular Hbond substituents is 1. The Bertz CT molecular complexity index is 941. The molecule has 0 aliphatic heterocycles. The van der Waals surface area contributed by atoms with Gasteiger partial charge in [-0.25, -0.2) is 0 Å². The number of phenols is 1. The summed E-state index contributed by atoms with van der Waals surface area (Å²) in [5, 5.41) is 13.8. The van der Waals surface area contributed by atoms with E-state index in [0.717, 1.165) is 5.56 Å². The smallest absolute Gasteiger partial charge is 0.236 e. The molecule has 0 saturated carbocycles. The molecule has 1 aliphatic rings. The van der Waals surface area contributed by atoms with Crippen molar-refractivity contribution in [2.75, 3.05) is 0 Å². The van der Waals surface area contributed by atoms with E-state index in [1.54, 1.807) is 0 Å². The standard InChI is InChI=1S/C18H11NO4/c20-13-8-4-7-11-14(13)17(22)18-15(16(11)21)12(19-23-18)9-10-5-2-1-3-6-10/h1-8,20H,9H2. The van der Waals surface area contributed by atoms with Crippen molar-refractivity contribution in [2.24, 2.45) is 0 Å². The zero-order valence-electron chi connectivity index (χ0n) is 11.9. The van der Waals surface area contributed by atoms with E-state index in [1.807, 2.05) is 30.3 Å². The van der Waals surface area contributed by atoms with Gasteiger partial charge in [-0.15, -0.1) is 0 Å². The number of aromatic hydroxyl groups is 1. The van der Waals surface area contributed by atoms with Crippen LogP contribution in [0.5, 0.6) is 5.75 Å². The van der Waals surface area contributed by atoms with Crippen LogP contribution < -0.4 is 0 Å². The van der Waals surface area contributed by atoms with Crippen LogP contribution in [0, 0.1) is 0 Å². The Hall–Kier alpha value is -3.21. The van der Waals surface area contributed by atoms with Crippen LogP contribution in [0.1, 0.15) is 43.3 Å². The molecule has 0 bridgehead atoms. The van der Waals surface area contributed by atoms with Crippen molar-refractivity contribution in [2.45, 2.75) is 6.42 Å². The van der Waals surface area contributed by atoms with E-state index in [9.17, 15) is 14.7 Å². The van der Waals surface area contributed by atoms with Crippen molar-refractivity contribution in [3.05, 3.63) is 82.2 Å². The van der Waals surface area contributed by atoms with Gasteiger partial charge in [0.1, 0.15) is 5.75 Å². The molecule has 1 aromatic heterocycles. The van der Waals surface area contributed by atoms with Crippen LogP contribution in [0.15, 0.2) is 53.1 Å². The molecule has 0 atom stereocenters. The molecule has 112 valence electrons. The fourth-order valence-electron chi connectivity index (χ4n) is 2.84. The van der Waals surface area contributed by atoms with Gasteiger partial charge in [0, 0.05) is 12.0 Å². The Morgan fingerprint density at radius 3 is 2.48 bits per heavy atom. The molecule has 1 heterocycles. The molecule has 5 heteroatoms. The van der Waals surface area contributed by atoms with Gasteiger partial charge in [0.05, 0.1) is 16.8 Å². The van der Waals surface area contributed by atoms with Gasteiger partial charge < -0.3 is 9.63 Å². The van der Waals surface area contributed by atoms with Crippen molar-refractivity contribution < 1.29 is 19.2 Å². The number of nitrogens with zero attached hydrogens (tertiary/aromatic N) is 1. The van der Waals surface area contributed by atoms with Gasteiger partial charge in [0.25, 0.3) is 0 Å². The molecule has 0 fully saturated rings. The first-order valence-electron chi connectivity index (χ1n) is 7.10. The van der Waals surface area contributed by atoms with Crippen LogP contribution in [-0.2, 0) is 6.42 Å². The van der Waals surface area contributed by atoms with Gasteiger partial charge in [-0.1, -0.05) is 47.6 Å². The van der Waals surface area contributed by atoms with Crippen LogP contribution in [0.25, 0.3) is 0 Å². The molecule has 2 aromatic carbocycles. The number of rotatable bonds is 2. The van der Waals surface area contributed by atoms with Crippen molar-refractivity contribution >= 4 is 11.6 Å². The van der Waals surface area contributed by atoms with E-state index in [0.29, 0.717) is 12.1 Å². The second-order valence-corrected chi connectivity index (χ2v) is 5.35. The van der Waals surface area contributed by atoms with Crippen molar-refractivity contribution in [1.82, 2.24) is 5.16 Å². The summed E-state index contributed by atoms with van der Waals surface area (Å²) in [6.45, 7) is 0. The summed E-state index contributed by atoms with van der Waals surface area (Å²) >= 11 is 0. The minimum Gasteiger partial charge on any atom is -0.507 e. The van der Waals surface area contributed by atoms with Gasteiger partial charge >= 0.3 is 0 Å². The number of carbonyl (C=O) groups is 2. The van der Waals surface area contributed by atoms with Gasteiger partial charge in [-0.2, -0.15) is 0 Å². The number of fused-ring (bicyclic) bond motifs is 2. The Kier molecular flexibility index (Phi) is 2.87. The molecule has 0 unspecified atom stereocenters. The maximum absolute atomic E-state index is 12.7. The molecule has 3 aromatic rings. The first-order chi connectivity index (χ1) is 11.2. The topological polar surface area (TPSA) is 80.4 Å². The highest BCUT2D eigenvalue weighted by Crippen LogP contribution is 2.34. The van der Waals surface area contributed by atoms with Gasteiger partial charge in [-0.05, 0) is 11.6 Å². The summed E-state index contributed by atoms with van der Waals surface area (Å²) in [5.74, 6) is -1.19. The normalized spacial score (nSPS) is 12.9. The fraction of sp³-hybridized carbons (Fsp3) is 0.0556. The summed E-state index contributed by atoms with van der Waals surface area (Å²) in [7, 11) is 0. The molecule has 0 radical (unpaired) electrons. The lowest BCUT2D eigenvalue weighted by molar-refractivity contribution is 0.0952. The predicted molar refractivity (Wildman–Crippen MR) is 80.7 cm³/mol. The zero-order valence-corrected chi connectivity index (χ0v) is 11.9. The third-order valence-electron chi connectivity index (χ3n) is 3.92. The van der Waals surface area contributed by atoms with Crippen molar-refractivity contribution in [3.8, 4) is 5.75 Å². The van der Waals surface area contributed by atoms with Crippen molar-refractivity contribution in [3.63, 3.8) is 0 Å². The third kappa shape index (κ3) is 1.97. The summed E-state index contributed by atoms with van der Waals surface area (Å²) in [6, 6.07) is 13.9. The molecule has 0 saturated heterocycles. The number of ketones is 2. The summed E-state index contributed by atoms with van der Waals surface area (Å²) in [5.41, 5.74) is 1.74. The van der Waals surface area contributed by atoms with Crippen LogP contribution in [0.2, 0.25) is 0 Å². The minimum atomic E-state index is -0.514. The molecular formula is C18H11NO4. The maximum atomic E-state index is 12.7. The summed E-state index contributed by atoms with van der Waals surface area (Å²) in [4.78, 5) is 25.2. The van der Waals surface area contributed by atoms with E-state index in [1.165, 1.54) is 18.2 Å². The summed E-state index contributed by atoms with van der Waals surface area (Å²) in [6.07, 6.45) is 0.396. The Labute approximate surface area is 131 Å². The van der Waals surface area contributed by atoms with E-state index in [-0.39, 0.29) is 34.0 Å². The van der Waals surface area contributed by atoms with Crippen molar-refractivity contribution in [1.29, 1.82) is 0 Å². The minimum absolute atomic E-state index is 0.0209. The first kappa shape index (κ1) is 13.5. The molecule has 1 N–H and O–H groups in total. The predicted octanol–water partition coefficient (Wildman–Crippen LogP) is 2.75. The number of aromatic nitrogens is 1. The highest BCUT2D eigenvalue weighted by molar-refractivity contribution is 6.28. The highest BCUT2D eigenvalue weighted by atomic mass is 16.5. The Morgan fingerprint density at radius 2 is 1.70 bits per heavy atom. The second-order valence-electron chi connectivity index (χ2n) is 5.35. The average molecular weight is 305 g/mol. The molecule has 0 amide bonds. The lowest BCUT2D eigenvalue weighted by atomic mass is 9.86. The third-order valence-corrected chi connectivity index (χ3v) is 3.92. The van der Waals surface area contributed by atoms with E-state index in [2.05, 4.69) is 5.16 Å². The van der Waals surface area contributed by atoms with Gasteiger partial charge in [-0.3, -0.25) is 9.59 Å².